The Morgan fingerprint density at radius 2 is 1.58 bits per heavy atom. The summed E-state index contributed by atoms with van der Waals surface area (Å²) in [7, 11) is 1.54. The number of rotatable bonds is 2. The van der Waals surface area contributed by atoms with E-state index in [9.17, 15) is 15.3 Å². The molecule has 0 saturated carbocycles. The Hall–Kier alpha value is -3.34. The van der Waals surface area contributed by atoms with Crippen LogP contribution < -0.4 is 4.74 Å². The molecule has 0 spiro atoms. The molecule has 5 heteroatoms. The van der Waals surface area contributed by atoms with Gasteiger partial charge in [0.1, 0.15) is 22.8 Å². The minimum Gasteiger partial charge on any atom is -0.508 e. The SMILES string of the molecule is COc1cc(-c2ccc(O)cc2)c(O)c2oc3ccc(O)cc3c12. The highest BCUT2D eigenvalue weighted by atomic mass is 16.5. The number of ether oxygens (including phenoxy) is 1. The topological polar surface area (TPSA) is 83.1 Å². The first kappa shape index (κ1) is 14.3. The Labute approximate surface area is 137 Å². The fraction of sp³-hybridized carbons (Fsp3) is 0.0526. The number of aromatic hydroxyl groups is 3. The molecular weight excluding hydrogens is 308 g/mol. The highest BCUT2D eigenvalue weighted by molar-refractivity contribution is 6.12. The number of fused-ring (bicyclic) bond motifs is 3. The summed E-state index contributed by atoms with van der Waals surface area (Å²) in [5, 5.41) is 31.1. The third-order valence-corrected chi connectivity index (χ3v) is 4.06. The molecule has 1 heterocycles. The van der Waals surface area contributed by atoms with Crippen LogP contribution in [-0.2, 0) is 0 Å². The summed E-state index contributed by atoms with van der Waals surface area (Å²) < 4.78 is 11.2. The lowest BCUT2D eigenvalue weighted by Crippen LogP contribution is -1.87. The second kappa shape index (κ2) is 5.09. The number of benzene rings is 3. The summed E-state index contributed by atoms with van der Waals surface area (Å²) >= 11 is 0. The molecule has 0 aliphatic heterocycles. The van der Waals surface area contributed by atoms with Crippen LogP contribution in [0.1, 0.15) is 0 Å². The van der Waals surface area contributed by atoms with E-state index in [4.69, 9.17) is 9.15 Å². The van der Waals surface area contributed by atoms with Gasteiger partial charge in [0.25, 0.3) is 0 Å². The Morgan fingerprint density at radius 3 is 2.29 bits per heavy atom. The summed E-state index contributed by atoms with van der Waals surface area (Å²) in [6, 6.07) is 12.9. The largest absolute Gasteiger partial charge is 0.508 e. The molecular formula is C19H14O5. The summed E-state index contributed by atoms with van der Waals surface area (Å²) in [4.78, 5) is 0. The van der Waals surface area contributed by atoms with E-state index in [1.54, 1.807) is 42.5 Å². The molecule has 0 radical (unpaired) electrons. The number of methoxy groups -OCH3 is 1. The molecule has 0 aliphatic rings. The standard InChI is InChI=1S/C19H14O5/c1-23-16-9-13(10-2-4-11(20)5-3-10)18(22)19-17(16)14-8-12(21)6-7-15(14)24-19/h2-9,20-22H,1H3. The second-order valence-corrected chi connectivity index (χ2v) is 5.51. The van der Waals surface area contributed by atoms with Gasteiger partial charge < -0.3 is 24.5 Å². The van der Waals surface area contributed by atoms with Crippen LogP contribution in [-0.4, -0.2) is 22.4 Å². The Morgan fingerprint density at radius 1 is 0.875 bits per heavy atom. The molecule has 1 aromatic heterocycles. The first-order valence-corrected chi connectivity index (χ1v) is 7.33. The van der Waals surface area contributed by atoms with Crippen molar-refractivity contribution in [1.82, 2.24) is 0 Å². The van der Waals surface area contributed by atoms with E-state index in [0.29, 0.717) is 33.2 Å². The maximum Gasteiger partial charge on any atom is 0.181 e. The summed E-state index contributed by atoms with van der Waals surface area (Å²) in [5.41, 5.74) is 2.08. The van der Waals surface area contributed by atoms with Crippen LogP contribution in [0.25, 0.3) is 33.1 Å². The van der Waals surface area contributed by atoms with Crippen molar-refractivity contribution in [3.05, 3.63) is 48.5 Å². The first-order chi connectivity index (χ1) is 11.6. The third-order valence-electron chi connectivity index (χ3n) is 4.06. The number of furan rings is 1. The maximum absolute atomic E-state index is 10.7. The quantitative estimate of drug-likeness (QED) is 0.510. The van der Waals surface area contributed by atoms with Gasteiger partial charge in [-0.05, 0) is 42.0 Å². The number of hydrogen-bond acceptors (Lipinski definition) is 5. The van der Waals surface area contributed by atoms with E-state index in [-0.39, 0.29) is 22.8 Å². The lowest BCUT2D eigenvalue weighted by atomic mass is 10.0. The summed E-state index contributed by atoms with van der Waals surface area (Å²) in [5.74, 6) is 0.752. The zero-order chi connectivity index (χ0) is 16.8. The number of phenols is 3. The van der Waals surface area contributed by atoms with E-state index in [1.165, 1.54) is 13.2 Å². The van der Waals surface area contributed by atoms with Crippen molar-refractivity contribution in [2.75, 3.05) is 7.11 Å². The molecule has 5 nitrogen and oxygen atoms in total. The average molecular weight is 322 g/mol. The molecule has 0 atom stereocenters. The zero-order valence-electron chi connectivity index (χ0n) is 12.8. The van der Waals surface area contributed by atoms with Gasteiger partial charge in [-0.3, -0.25) is 0 Å². The highest BCUT2D eigenvalue weighted by Gasteiger charge is 2.20. The third kappa shape index (κ3) is 2.02. The molecule has 3 N–H and O–H groups in total. The van der Waals surface area contributed by atoms with Gasteiger partial charge in [0.2, 0.25) is 0 Å². The van der Waals surface area contributed by atoms with Gasteiger partial charge in [0.15, 0.2) is 11.3 Å². The molecule has 0 bridgehead atoms. The minimum absolute atomic E-state index is 0.0211. The molecule has 4 aromatic rings. The fourth-order valence-electron chi connectivity index (χ4n) is 2.91. The van der Waals surface area contributed by atoms with Gasteiger partial charge in [-0.2, -0.15) is 0 Å². The van der Waals surface area contributed by atoms with Crippen LogP contribution >= 0.6 is 0 Å². The smallest absolute Gasteiger partial charge is 0.181 e. The van der Waals surface area contributed by atoms with Gasteiger partial charge in [-0.1, -0.05) is 12.1 Å². The maximum atomic E-state index is 10.7. The molecule has 120 valence electrons. The van der Waals surface area contributed by atoms with E-state index >= 15 is 0 Å². The van der Waals surface area contributed by atoms with Crippen molar-refractivity contribution in [1.29, 1.82) is 0 Å². The molecule has 0 aliphatic carbocycles. The Kier molecular flexibility index (Phi) is 3.03. The second-order valence-electron chi connectivity index (χ2n) is 5.51. The molecule has 0 fully saturated rings. The van der Waals surface area contributed by atoms with Crippen molar-refractivity contribution in [2.45, 2.75) is 0 Å². The molecule has 0 saturated heterocycles. The van der Waals surface area contributed by atoms with E-state index in [0.717, 1.165) is 0 Å². The molecule has 0 unspecified atom stereocenters. The first-order valence-electron chi connectivity index (χ1n) is 7.33. The summed E-state index contributed by atoms with van der Waals surface area (Å²) in [6.07, 6.45) is 0. The van der Waals surface area contributed by atoms with Gasteiger partial charge in [-0.25, -0.2) is 0 Å². The predicted octanol–water partition coefficient (Wildman–Crippen LogP) is 4.38. The summed E-state index contributed by atoms with van der Waals surface area (Å²) in [6.45, 7) is 0. The minimum atomic E-state index is -0.0211. The van der Waals surface area contributed by atoms with Crippen molar-refractivity contribution in [2.24, 2.45) is 0 Å². The number of phenolic OH excluding ortho intramolecular Hbond substituents is 3. The van der Waals surface area contributed by atoms with Crippen LogP contribution in [0.3, 0.4) is 0 Å². The van der Waals surface area contributed by atoms with Crippen LogP contribution in [0, 0.1) is 0 Å². The van der Waals surface area contributed by atoms with E-state index < -0.39 is 0 Å². The molecule has 4 rings (SSSR count). The molecule has 0 amide bonds. The average Bonchev–Trinajstić information content (AvgIpc) is 2.96. The van der Waals surface area contributed by atoms with Gasteiger partial charge in [0, 0.05) is 10.9 Å². The van der Waals surface area contributed by atoms with Crippen molar-refractivity contribution >= 4 is 21.9 Å². The molecule has 24 heavy (non-hydrogen) atoms. The van der Waals surface area contributed by atoms with E-state index in [1.807, 2.05) is 0 Å². The van der Waals surface area contributed by atoms with Crippen LogP contribution in [0.5, 0.6) is 23.0 Å². The highest BCUT2D eigenvalue weighted by Crippen LogP contribution is 2.46. The van der Waals surface area contributed by atoms with Crippen LogP contribution in [0.4, 0.5) is 0 Å². The van der Waals surface area contributed by atoms with Crippen LogP contribution in [0.15, 0.2) is 52.9 Å². The van der Waals surface area contributed by atoms with Crippen molar-refractivity contribution < 1.29 is 24.5 Å². The number of hydrogen-bond donors (Lipinski definition) is 3. The van der Waals surface area contributed by atoms with Crippen LogP contribution in [0.2, 0.25) is 0 Å². The van der Waals surface area contributed by atoms with Gasteiger partial charge in [-0.15, -0.1) is 0 Å². The van der Waals surface area contributed by atoms with E-state index in [2.05, 4.69) is 0 Å². The van der Waals surface area contributed by atoms with Crippen molar-refractivity contribution in [3.8, 4) is 34.1 Å². The lowest BCUT2D eigenvalue weighted by Gasteiger charge is -2.09. The Balaban J connectivity index is 2.09. The molecule has 3 aromatic carbocycles. The van der Waals surface area contributed by atoms with Gasteiger partial charge in [0.05, 0.1) is 12.5 Å². The monoisotopic (exact) mass is 322 g/mol. The van der Waals surface area contributed by atoms with Crippen molar-refractivity contribution in [3.63, 3.8) is 0 Å². The Bertz CT molecular complexity index is 1060. The normalized spacial score (nSPS) is 11.2. The fourth-order valence-corrected chi connectivity index (χ4v) is 2.91. The zero-order valence-corrected chi connectivity index (χ0v) is 12.8. The van der Waals surface area contributed by atoms with Gasteiger partial charge >= 0.3 is 0 Å². The predicted molar refractivity (Wildman–Crippen MR) is 90.7 cm³/mol. The lowest BCUT2D eigenvalue weighted by molar-refractivity contribution is 0.418.